The van der Waals surface area contributed by atoms with Gasteiger partial charge in [0, 0.05) is 6.07 Å². The molecule has 25 heavy (non-hydrogen) atoms. The Hall–Kier alpha value is -3.22. The van der Waals surface area contributed by atoms with Crippen LogP contribution in [0.25, 0.3) is 0 Å². The molecular weight excluding hydrogens is 326 g/mol. The molecule has 0 unspecified atom stereocenters. The van der Waals surface area contributed by atoms with Gasteiger partial charge in [-0.05, 0) is 24.3 Å². The summed E-state index contributed by atoms with van der Waals surface area (Å²) >= 11 is 0. The molecule has 2 aromatic rings. The van der Waals surface area contributed by atoms with Crippen molar-refractivity contribution >= 4 is 17.6 Å². The standard InChI is InChI=1S/C18H19NO6/c1-22-13-8-12(9-14(10-13)23-2)18(21)25-11-17(20)19-15-6-4-5-7-16(15)24-3/h4-10H,11H2,1-3H3,(H,19,20). The van der Waals surface area contributed by atoms with Crippen molar-refractivity contribution in [2.75, 3.05) is 33.3 Å². The van der Waals surface area contributed by atoms with Crippen LogP contribution in [-0.4, -0.2) is 39.8 Å². The second-order valence-electron chi connectivity index (χ2n) is 4.93. The summed E-state index contributed by atoms with van der Waals surface area (Å²) in [6.45, 7) is -0.434. The molecule has 0 aliphatic carbocycles. The summed E-state index contributed by atoms with van der Waals surface area (Å²) in [5, 5.41) is 2.62. The lowest BCUT2D eigenvalue weighted by Gasteiger charge is -2.11. The summed E-state index contributed by atoms with van der Waals surface area (Å²) in [4.78, 5) is 24.1. The molecule has 2 aromatic carbocycles. The second kappa shape index (κ2) is 8.58. The topological polar surface area (TPSA) is 83.1 Å². The van der Waals surface area contributed by atoms with Crippen LogP contribution < -0.4 is 19.5 Å². The zero-order valence-corrected chi connectivity index (χ0v) is 14.2. The molecule has 0 saturated carbocycles. The normalized spacial score (nSPS) is 9.88. The Morgan fingerprint density at radius 3 is 2.16 bits per heavy atom. The number of carbonyl (C=O) groups excluding carboxylic acids is 2. The highest BCUT2D eigenvalue weighted by Crippen LogP contribution is 2.24. The first-order chi connectivity index (χ1) is 12.1. The zero-order valence-electron chi connectivity index (χ0n) is 14.2. The molecular formula is C18H19NO6. The van der Waals surface area contributed by atoms with Crippen molar-refractivity contribution in [1.29, 1.82) is 0 Å². The van der Waals surface area contributed by atoms with Crippen LogP contribution in [0.3, 0.4) is 0 Å². The molecule has 0 fully saturated rings. The van der Waals surface area contributed by atoms with E-state index in [1.54, 1.807) is 30.3 Å². The number of para-hydroxylation sites is 2. The molecule has 0 heterocycles. The van der Waals surface area contributed by atoms with Gasteiger partial charge in [-0.1, -0.05) is 12.1 Å². The molecule has 1 N–H and O–H groups in total. The number of hydrogen-bond donors (Lipinski definition) is 1. The minimum Gasteiger partial charge on any atom is -0.497 e. The van der Waals surface area contributed by atoms with E-state index in [0.29, 0.717) is 22.9 Å². The largest absolute Gasteiger partial charge is 0.497 e. The number of ether oxygens (including phenoxy) is 4. The first-order valence-electron chi connectivity index (χ1n) is 7.40. The molecule has 0 spiro atoms. The smallest absolute Gasteiger partial charge is 0.338 e. The van der Waals surface area contributed by atoms with E-state index in [0.717, 1.165) is 0 Å². The second-order valence-corrected chi connectivity index (χ2v) is 4.93. The van der Waals surface area contributed by atoms with Crippen molar-refractivity contribution in [3.63, 3.8) is 0 Å². The van der Waals surface area contributed by atoms with E-state index in [4.69, 9.17) is 18.9 Å². The van der Waals surface area contributed by atoms with E-state index >= 15 is 0 Å². The molecule has 7 nitrogen and oxygen atoms in total. The third kappa shape index (κ3) is 4.87. The quantitative estimate of drug-likeness (QED) is 0.777. The molecule has 0 atom stereocenters. The molecule has 0 saturated heterocycles. The number of benzene rings is 2. The average molecular weight is 345 g/mol. The van der Waals surface area contributed by atoms with Crippen molar-refractivity contribution < 1.29 is 28.5 Å². The van der Waals surface area contributed by atoms with Gasteiger partial charge in [0.25, 0.3) is 5.91 Å². The highest BCUT2D eigenvalue weighted by molar-refractivity contribution is 5.96. The predicted octanol–water partition coefficient (Wildman–Crippen LogP) is 2.51. The summed E-state index contributed by atoms with van der Waals surface area (Å²) in [6, 6.07) is 11.6. The minimum absolute atomic E-state index is 0.223. The van der Waals surface area contributed by atoms with Gasteiger partial charge in [0.1, 0.15) is 17.2 Å². The first kappa shape index (κ1) is 18.1. The summed E-state index contributed by atoms with van der Waals surface area (Å²) in [5.74, 6) is 0.273. The number of hydrogen-bond acceptors (Lipinski definition) is 6. The maximum atomic E-state index is 12.1. The number of carbonyl (C=O) groups is 2. The molecule has 0 bridgehead atoms. The fourth-order valence-corrected chi connectivity index (χ4v) is 2.07. The lowest BCUT2D eigenvalue weighted by atomic mass is 10.2. The van der Waals surface area contributed by atoms with Gasteiger partial charge in [0.05, 0.1) is 32.6 Å². The van der Waals surface area contributed by atoms with Crippen LogP contribution in [0.15, 0.2) is 42.5 Å². The van der Waals surface area contributed by atoms with Gasteiger partial charge in [-0.3, -0.25) is 4.79 Å². The monoisotopic (exact) mass is 345 g/mol. The number of amides is 1. The van der Waals surface area contributed by atoms with E-state index in [1.807, 2.05) is 0 Å². The van der Waals surface area contributed by atoms with Crippen LogP contribution in [0.2, 0.25) is 0 Å². The number of rotatable bonds is 7. The van der Waals surface area contributed by atoms with Crippen molar-refractivity contribution in [3.05, 3.63) is 48.0 Å². The Morgan fingerprint density at radius 2 is 1.56 bits per heavy atom. The van der Waals surface area contributed by atoms with E-state index in [2.05, 4.69) is 5.32 Å². The SMILES string of the molecule is COc1cc(OC)cc(C(=O)OCC(=O)Nc2ccccc2OC)c1. The molecule has 2 rings (SSSR count). The summed E-state index contributed by atoms with van der Waals surface area (Å²) in [6.07, 6.45) is 0. The van der Waals surface area contributed by atoms with Crippen LogP contribution in [0.4, 0.5) is 5.69 Å². The van der Waals surface area contributed by atoms with Crippen LogP contribution >= 0.6 is 0 Å². The van der Waals surface area contributed by atoms with E-state index < -0.39 is 18.5 Å². The third-order valence-electron chi connectivity index (χ3n) is 3.30. The lowest BCUT2D eigenvalue weighted by Crippen LogP contribution is -2.21. The molecule has 0 radical (unpaired) electrons. The van der Waals surface area contributed by atoms with Crippen molar-refractivity contribution in [2.45, 2.75) is 0 Å². The van der Waals surface area contributed by atoms with Gasteiger partial charge in [-0.25, -0.2) is 4.79 Å². The fraction of sp³-hybridized carbons (Fsp3) is 0.222. The Balaban J connectivity index is 1.98. The van der Waals surface area contributed by atoms with Gasteiger partial charge < -0.3 is 24.3 Å². The van der Waals surface area contributed by atoms with Crippen LogP contribution in [0.5, 0.6) is 17.2 Å². The number of esters is 1. The first-order valence-corrected chi connectivity index (χ1v) is 7.40. The van der Waals surface area contributed by atoms with Gasteiger partial charge >= 0.3 is 5.97 Å². The number of methoxy groups -OCH3 is 3. The van der Waals surface area contributed by atoms with Crippen molar-refractivity contribution in [3.8, 4) is 17.2 Å². The van der Waals surface area contributed by atoms with Gasteiger partial charge in [-0.15, -0.1) is 0 Å². The Morgan fingerprint density at radius 1 is 0.920 bits per heavy atom. The van der Waals surface area contributed by atoms with Crippen LogP contribution in [0.1, 0.15) is 10.4 Å². The van der Waals surface area contributed by atoms with Gasteiger partial charge in [-0.2, -0.15) is 0 Å². The Bertz CT molecular complexity index is 737. The summed E-state index contributed by atoms with van der Waals surface area (Å²) in [7, 11) is 4.45. The van der Waals surface area contributed by atoms with Crippen LogP contribution in [-0.2, 0) is 9.53 Å². The molecule has 7 heteroatoms. The fourth-order valence-electron chi connectivity index (χ4n) is 2.07. The number of nitrogens with one attached hydrogen (secondary N) is 1. The van der Waals surface area contributed by atoms with Gasteiger partial charge in [0.2, 0.25) is 0 Å². The molecule has 0 aromatic heterocycles. The van der Waals surface area contributed by atoms with Gasteiger partial charge in [0.15, 0.2) is 6.61 Å². The minimum atomic E-state index is -0.660. The maximum Gasteiger partial charge on any atom is 0.338 e. The Kier molecular flexibility index (Phi) is 6.22. The van der Waals surface area contributed by atoms with E-state index in [-0.39, 0.29) is 5.56 Å². The summed E-state index contributed by atoms with van der Waals surface area (Å²) < 4.78 is 20.4. The highest BCUT2D eigenvalue weighted by Gasteiger charge is 2.14. The van der Waals surface area contributed by atoms with Crippen molar-refractivity contribution in [2.24, 2.45) is 0 Å². The third-order valence-corrected chi connectivity index (χ3v) is 3.30. The summed E-state index contributed by atoms with van der Waals surface area (Å²) in [5.41, 5.74) is 0.718. The number of anilines is 1. The van der Waals surface area contributed by atoms with E-state index in [9.17, 15) is 9.59 Å². The maximum absolute atomic E-state index is 12.1. The molecule has 1 amide bonds. The molecule has 0 aliphatic heterocycles. The van der Waals surface area contributed by atoms with E-state index in [1.165, 1.54) is 33.5 Å². The predicted molar refractivity (Wildman–Crippen MR) is 91.5 cm³/mol. The van der Waals surface area contributed by atoms with Crippen molar-refractivity contribution in [1.82, 2.24) is 0 Å². The highest BCUT2D eigenvalue weighted by atomic mass is 16.5. The average Bonchev–Trinajstić information content (AvgIpc) is 2.65. The molecule has 0 aliphatic rings. The van der Waals surface area contributed by atoms with Crippen LogP contribution in [0, 0.1) is 0 Å². The lowest BCUT2D eigenvalue weighted by molar-refractivity contribution is -0.119. The zero-order chi connectivity index (χ0) is 18.2. The molecule has 132 valence electrons. The Labute approximate surface area is 145 Å².